The van der Waals surface area contributed by atoms with Crippen molar-refractivity contribution in [3.05, 3.63) is 27.3 Å². The fourth-order valence-corrected chi connectivity index (χ4v) is 1.85. The van der Waals surface area contributed by atoms with Gasteiger partial charge in [0.15, 0.2) is 0 Å². The lowest BCUT2D eigenvalue weighted by molar-refractivity contribution is 0.303. The van der Waals surface area contributed by atoms with Crippen LogP contribution in [0.15, 0.2) is 18.2 Å². The van der Waals surface area contributed by atoms with E-state index in [1.165, 1.54) is 22.0 Å². The average molecular weight is 289 g/mol. The van der Waals surface area contributed by atoms with E-state index in [4.69, 9.17) is 10.5 Å². The van der Waals surface area contributed by atoms with Crippen LogP contribution in [0.5, 0.6) is 5.75 Å². The molecule has 0 amide bonds. The minimum Gasteiger partial charge on any atom is -0.490 e. The first-order valence-corrected chi connectivity index (χ1v) is 5.52. The third kappa shape index (κ3) is 2.34. The maximum atomic E-state index is 5.66. The van der Waals surface area contributed by atoms with E-state index in [-0.39, 0.29) is 0 Å². The summed E-state index contributed by atoms with van der Waals surface area (Å²) in [4.78, 5) is 0. The van der Waals surface area contributed by atoms with Crippen LogP contribution in [-0.2, 0) is 6.54 Å². The van der Waals surface area contributed by atoms with Crippen molar-refractivity contribution in [3.63, 3.8) is 0 Å². The molecule has 0 bridgehead atoms. The maximum absolute atomic E-state index is 5.66. The molecule has 0 heterocycles. The normalized spacial score (nSPS) is 15.8. The Bertz CT molecular complexity index is 310. The maximum Gasteiger partial charge on any atom is 0.120 e. The van der Waals surface area contributed by atoms with Crippen LogP contribution in [0.3, 0.4) is 0 Å². The van der Waals surface area contributed by atoms with Crippen molar-refractivity contribution in [3.8, 4) is 5.75 Å². The van der Waals surface area contributed by atoms with E-state index in [1.54, 1.807) is 0 Å². The summed E-state index contributed by atoms with van der Waals surface area (Å²) >= 11 is 2.29. The highest BCUT2D eigenvalue weighted by Crippen LogP contribution is 2.28. The second kappa shape index (κ2) is 3.84. The third-order valence-corrected chi connectivity index (χ3v) is 3.08. The lowest BCUT2D eigenvalue weighted by Crippen LogP contribution is -2.01. The first-order chi connectivity index (χ1) is 6.29. The second-order valence-electron chi connectivity index (χ2n) is 3.27. The Kier molecular flexibility index (Phi) is 2.74. The smallest absolute Gasteiger partial charge is 0.120 e. The van der Waals surface area contributed by atoms with Crippen LogP contribution in [0.1, 0.15) is 18.4 Å². The number of hydrogen-bond acceptors (Lipinski definition) is 2. The summed E-state index contributed by atoms with van der Waals surface area (Å²) in [5, 5.41) is 0. The Hall–Kier alpha value is -0.290. The minimum atomic E-state index is 0.472. The van der Waals surface area contributed by atoms with E-state index in [2.05, 4.69) is 28.7 Å². The van der Waals surface area contributed by atoms with Gasteiger partial charge < -0.3 is 10.5 Å². The Balaban J connectivity index is 2.13. The van der Waals surface area contributed by atoms with E-state index in [9.17, 15) is 0 Å². The van der Waals surface area contributed by atoms with Gasteiger partial charge in [-0.05, 0) is 53.1 Å². The number of rotatable bonds is 3. The molecule has 0 atom stereocenters. The molecule has 2 rings (SSSR count). The van der Waals surface area contributed by atoms with Crippen LogP contribution in [-0.4, -0.2) is 6.10 Å². The number of nitrogens with two attached hydrogens (primary N) is 1. The molecule has 1 aromatic carbocycles. The molecule has 2 nitrogen and oxygen atoms in total. The lowest BCUT2D eigenvalue weighted by Gasteiger charge is -2.06. The standard InChI is InChI=1S/C10H12INO/c11-10-5-9(13-8-3-4-8)2-1-7(10)6-12/h1-2,5,8H,3-4,6,12H2. The molecule has 1 aliphatic rings. The van der Waals surface area contributed by atoms with Crippen LogP contribution < -0.4 is 10.5 Å². The highest BCUT2D eigenvalue weighted by atomic mass is 127. The summed E-state index contributed by atoms with van der Waals surface area (Å²) in [5.41, 5.74) is 6.75. The summed E-state index contributed by atoms with van der Waals surface area (Å²) in [6.45, 7) is 0.599. The van der Waals surface area contributed by atoms with E-state index in [1.807, 2.05) is 12.1 Å². The van der Waals surface area contributed by atoms with E-state index < -0.39 is 0 Å². The first kappa shape index (κ1) is 9.27. The molecular weight excluding hydrogens is 277 g/mol. The van der Waals surface area contributed by atoms with Gasteiger partial charge in [0.1, 0.15) is 5.75 Å². The molecule has 1 fully saturated rings. The highest BCUT2D eigenvalue weighted by Gasteiger charge is 2.23. The van der Waals surface area contributed by atoms with Crippen LogP contribution in [0.4, 0.5) is 0 Å². The number of halogens is 1. The zero-order valence-corrected chi connectivity index (χ0v) is 9.45. The van der Waals surface area contributed by atoms with Crippen molar-refractivity contribution in [2.24, 2.45) is 5.73 Å². The first-order valence-electron chi connectivity index (χ1n) is 4.45. The molecule has 1 aromatic rings. The molecule has 0 saturated heterocycles. The van der Waals surface area contributed by atoms with E-state index in [0.717, 1.165) is 5.75 Å². The summed E-state index contributed by atoms with van der Waals surface area (Å²) in [7, 11) is 0. The van der Waals surface area contributed by atoms with Crippen LogP contribution in [0.25, 0.3) is 0 Å². The third-order valence-electron chi connectivity index (χ3n) is 2.07. The second-order valence-corrected chi connectivity index (χ2v) is 4.44. The molecule has 1 aliphatic carbocycles. The molecule has 13 heavy (non-hydrogen) atoms. The zero-order chi connectivity index (χ0) is 9.26. The van der Waals surface area contributed by atoms with Gasteiger partial charge in [-0.3, -0.25) is 0 Å². The van der Waals surface area contributed by atoms with Gasteiger partial charge in [0.2, 0.25) is 0 Å². The molecule has 0 radical (unpaired) electrons. The van der Waals surface area contributed by atoms with Gasteiger partial charge in [-0.15, -0.1) is 0 Å². The fourth-order valence-electron chi connectivity index (χ4n) is 1.15. The predicted octanol–water partition coefficient (Wildman–Crippen LogP) is 2.29. The predicted molar refractivity (Wildman–Crippen MR) is 60.7 cm³/mol. The minimum absolute atomic E-state index is 0.472. The average Bonchev–Trinajstić information content (AvgIpc) is 2.89. The van der Waals surface area contributed by atoms with E-state index in [0.29, 0.717) is 12.6 Å². The molecule has 3 heteroatoms. The van der Waals surface area contributed by atoms with Gasteiger partial charge in [0, 0.05) is 10.1 Å². The highest BCUT2D eigenvalue weighted by molar-refractivity contribution is 14.1. The Morgan fingerprint density at radius 1 is 1.46 bits per heavy atom. The fraction of sp³-hybridized carbons (Fsp3) is 0.400. The quantitative estimate of drug-likeness (QED) is 0.867. The van der Waals surface area contributed by atoms with Crippen molar-refractivity contribution < 1.29 is 4.74 Å². The molecule has 1 saturated carbocycles. The summed E-state index contributed by atoms with van der Waals surface area (Å²) in [6, 6.07) is 6.10. The van der Waals surface area contributed by atoms with Gasteiger partial charge in [-0.25, -0.2) is 0 Å². The largest absolute Gasteiger partial charge is 0.490 e. The molecular formula is C10H12INO. The molecule has 70 valence electrons. The summed E-state index contributed by atoms with van der Waals surface area (Å²) in [5.74, 6) is 0.976. The van der Waals surface area contributed by atoms with Crippen molar-refractivity contribution >= 4 is 22.6 Å². The van der Waals surface area contributed by atoms with Crippen LogP contribution in [0.2, 0.25) is 0 Å². The van der Waals surface area contributed by atoms with Gasteiger partial charge in [0.25, 0.3) is 0 Å². The zero-order valence-electron chi connectivity index (χ0n) is 7.29. The van der Waals surface area contributed by atoms with Crippen LogP contribution >= 0.6 is 22.6 Å². The van der Waals surface area contributed by atoms with Gasteiger partial charge in [-0.2, -0.15) is 0 Å². The lowest BCUT2D eigenvalue weighted by atomic mass is 10.2. The Morgan fingerprint density at radius 3 is 2.77 bits per heavy atom. The van der Waals surface area contributed by atoms with Gasteiger partial charge in [0.05, 0.1) is 6.10 Å². The summed E-state index contributed by atoms with van der Waals surface area (Å²) in [6.07, 6.45) is 2.88. The SMILES string of the molecule is NCc1ccc(OC2CC2)cc1I. The number of ether oxygens (including phenoxy) is 1. The van der Waals surface area contributed by atoms with Gasteiger partial charge >= 0.3 is 0 Å². The van der Waals surface area contributed by atoms with Crippen molar-refractivity contribution in [2.45, 2.75) is 25.5 Å². The number of benzene rings is 1. The Morgan fingerprint density at radius 2 is 2.23 bits per heavy atom. The summed E-state index contributed by atoms with van der Waals surface area (Å²) < 4.78 is 6.85. The topological polar surface area (TPSA) is 35.2 Å². The number of hydrogen-bond donors (Lipinski definition) is 1. The monoisotopic (exact) mass is 289 g/mol. The molecule has 2 N–H and O–H groups in total. The van der Waals surface area contributed by atoms with Gasteiger partial charge in [-0.1, -0.05) is 6.07 Å². The van der Waals surface area contributed by atoms with Crippen molar-refractivity contribution in [2.75, 3.05) is 0 Å². The van der Waals surface area contributed by atoms with Crippen molar-refractivity contribution in [1.82, 2.24) is 0 Å². The molecule has 0 aliphatic heterocycles. The van der Waals surface area contributed by atoms with E-state index >= 15 is 0 Å². The molecule has 0 unspecified atom stereocenters. The Labute approximate surface area is 91.6 Å². The molecule has 0 aromatic heterocycles. The van der Waals surface area contributed by atoms with Crippen LogP contribution in [0, 0.1) is 3.57 Å². The van der Waals surface area contributed by atoms with Crippen molar-refractivity contribution in [1.29, 1.82) is 0 Å². The molecule has 0 spiro atoms.